The molecule has 4 heteroatoms. The molecule has 0 spiro atoms. The highest BCUT2D eigenvalue weighted by molar-refractivity contribution is 6.31. The molecule has 2 aromatic rings. The summed E-state index contributed by atoms with van der Waals surface area (Å²) in [4.78, 5) is 11.9. The van der Waals surface area contributed by atoms with Crippen LogP contribution in [0.5, 0.6) is 0 Å². The molecule has 3 nitrogen and oxygen atoms in total. The molecule has 92 valence electrons. The minimum atomic E-state index is -0.138. The van der Waals surface area contributed by atoms with Crippen molar-refractivity contribution in [2.24, 2.45) is 0 Å². The zero-order valence-corrected chi connectivity index (χ0v) is 10.4. The number of rotatable bonds is 3. The third-order valence-corrected chi connectivity index (χ3v) is 2.91. The lowest BCUT2D eigenvalue weighted by Gasteiger charge is -2.08. The molecule has 2 aromatic carbocycles. The van der Waals surface area contributed by atoms with Gasteiger partial charge in [-0.25, -0.2) is 0 Å². The molecule has 2 rings (SSSR count). The monoisotopic (exact) mass is 260 g/mol. The van der Waals surface area contributed by atoms with Crippen molar-refractivity contribution in [1.82, 2.24) is 0 Å². The summed E-state index contributed by atoms with van der Waals surface area (Å²) < 4.78 is 0. The Kier molecular flexibility index (Phi) is 3.85. The van der Waals surface area contributed by atoms with E-state index in [-0.39, 0.29) is 12.3 Å². The normalized spacial score (nSPS) is 10.1. The second kappa shape index (κ2) is 5.56. The first kappa shape index (κ1) is 12.5. The van der Waals surface area contributed by atoms with E-state index in [1.165, 1.54) is 0 Å². The maximum Gasteiger partial charge on any atom is 0.228 e. The van der Waals surface area contributed by atoms with Crippen LogP contribution in [0.15, 0.2) is 48.5 Å². The molecule has 0 aliphatic carbocycles. The molecule has 0 atom stereocenters. The molecule has 1 amide bonds. The lowest BCUT2D eigenvalue weighted by molar-refractivity contribution is -0.115. The molecule has 0 aromatic heterocycles. The van der Waals surface area contributed by atoms with Crippen molar-refractivity contribution in [2.45, 2.75) is 6.42 Å². The molecule has 0 bridgehead atoms. The molecule has 3 N–H and O–H groups in total. The smallest absolute Gasteiger partial charge is 0.228 e. The topological polar surface area (TPSA) is 55.1 Å². The van der Waals surface area contributed by atoms with Gasteiger partial charge in [0.15, 0.2) is 0 Å². The highest BCUT2D eigenvalue weighted by atomic mass is 35.5. The lowest BCUT2D eigenvalue weighted by atomic mass is 10.1. The van der Waals surface area contributed by atoms with E-state index in [9.17, 15) is 4.79 Å². The molecule has 0 heterocycles. The van der Waals surface area contributed by atoms with Crippen molar-refractivity contribution in [3.8, 4) is 0 Å². The number of nitrogen functional groups attached to an aromatic ring is 1. The number of hydrogen-bond donors (Lipinski definition) is 2. The summed E-state index contributed by atoms with van der Waals surface area (Å²) in [5.74, 6) is -0.138. The Morgan fingerprint density at radius 2 is 1.78 bits per heavy atom. The molecule has 0 unspecified atom stereocenters. The summed E-state index contributed by atoms with van der Waals surface area (Å²) in [6.45, 7) is 0. The number of benzene rings is 2. The van der Waals surface area contributed by atoms with Crippen molar-refractivity contribution < 1.29 is 4.79 Å². The van der Waals surface area contributed by atoms with Crippen LogP contribution in [0.3, 0.4) is 0 Å². The van der Waals surface area contributed by atoms with E-state index in [0.717, 1.165) is 5.56 Å². The Morgan fingerprint density at radius 3 is 2.50 bits per heavy atom. The second-order valence-corrected chi connectivity index (χ2v) is 4.31. The van der Waals surface area contributed by atoms with Gasteiger partial charge in [-0.1, -0.05) is 41.9 Å². The molecule has 0 aliphatic rings. The molecule has 0 aliphatic heterocycles. The molecule has 0 saturated carbocycles. The van der Waals surface area contributed by atoms with E-state index >= 15 is 0 Å². The summed E-state index contributed by atoms with van der Waals surface area (Å²) in [6.07, 6.45) is 0.230. The predicted molar refractivity (Wildman–Crippen MR) is 74.6 cm³/mol. The number of halogens is 1. The van der Waals surface area contributed by atoms with Crippen LogP contribution in [0.25, 0.3) is 0 Å². The van der Waals surface area contributed by atoms with Crippen LogP contribution in [0, 0.1) is 0 Å². The molecule has 0 radical (unpaired) electrons. The third-order valence-electron chi connectivity index (χ3n) is 2.54. The quantitative estimate of drug-likeness (QED) is 0.833. The number of amides is 1. The van der Waals surface area contributed by atoms with Crippen molar-refractivity contribution in [3.05, 3.63) is 59.1 Å². The van der Waals surface area contributed by atoms with Gasteiger partial charge in [0, 0.05) is 5.02 Å². The number of nitrogens with one attached hydrogen (secondary N) is 1. The summed E-state index contributed by atoms with van der Waals surface area (Å²) in [6, 6.07) is 14.4. The minimum Gasteiger partial charge on any atom is -0.397 e. The van der Waals surface area contributed by atoms with E-state index in [1.807, 2.05) is 30.3 Å². The average molecular weight is 261 g/mol. The zero-order chi connectivity index (χ0) is 13.0. The molecule has 0 saturated heterocycles. The number of hydrogen-bond acceptors (Lipinski definition) is 2. The highest BCUT2D eigenvalue weighted by Gasteiger charge is 2.08. The van der Waals surface area contributed by atoms with Crippen LogP contribution in [0.1, 0.15) is 5.56 Å². The fraction of sp³-hybridized carbons (Fsp3) is 0.0714. The van der Waals surface area contributed by atoms with Gasteiger partial charge in [-0.05, 0) is 23.8 Å². The summed E-state index contributed by atoms with van der Waals surface area (Å²) in [5, 5.41) is 3.35. The van der Waals surface area contributed by atoms with Crippen LogP contribution >= 0.6 is 11.6 Å². The molecular weight excluding hydrogens is 248 g/mol. The first-order chi connectivity index (χ1) is 8.66. The van der Waals surface area contributed by atoms with E-state index in [2.05, 4.69) is 5.32 Å². The predicted octanol–water partition coefficient (Wildman–Crippen LogP) is 3.10. The van der Waals surface area contributed by atoms with Gasteiger partial charge >= 0.3 is 0 Å². The lowest BCUT2D eigenvalue weighted by Crippen LogP contribution is -2.15. The Hall–Kier alpha value is -2.00. The Bertz CT molecular complexity index is 520. The minimum absolute atomic E-state index is 0.138. The summed E-state index contributed by atoms with van der Waals surface area (Å²) in [5.41, 5.74) is 7.71. The first-order valence-electron chi connectivity index (χ1n) is 5.54. The maximum absolute atomic E-state index is 11.9. The second-order valence-electron chi connectivity index (χ2n) is 3.90. The fourth-order valence-corrected chi connectivity index (χ4v) is 1.82. The number of carbonyl (C=O) groups is 1. The van der Waals surface area contributed by atoms with Crippen LogP contribution in [-0.4, -0.2) is 5.91 Å². The maximum atomic E-state index is 11.9. The fourth-order valence-electron chi connectivity index (χ4n) is 1.62. The molecule has 18 heavy (non-hydrogen) atoms. The van der Waals surface area contributed by atoms with Crippen molar-refractivity contribution in [1.29, 1.82) is 0 Å². The van der Waals surface area contributed by atoms with Gasteiger partial charge in [-0.3, -0.25) is 4.79 Å². The van der Waals surface area contributed by atoms with Crippen LogP contribution in [-0.2, 0) is 11.2 Å². The van der Waals surface area contributed by atoms with E-state index in [0.29, 0.717) is 16.4 Å². The van der Waals surface area contributed by atoms with Crippen LogP contribution in [0.2, 0.25) is 5.02 Å². The average Bonchev–Trinajstić information content (AvgIpc) is 2.35. The van der Waals surface area contributed by atoms with E-state index < -0.39 is 0 Å². The number of para-hydroxylation sites is 2. The van der Waals surface area contributed by atoms with Gasteiger partial charge in [0.2, 0.25) is 5.91 Å². The first-order valence-corrected chi connectivity index (χ1v) is 5.92. The van der Waals surface area contributed by atoms with Crippen molar-refractivity contribution in [3.63, 3.8) is 0 Å². The highest BCUT2D eigenvalue weighted by Crippen LogP contribution is 2.19. The zero-order valence-electron chi connectivity index (χ0n) is 9.69. The van der Waals surface area contributed by atoms with Crippen molar-refractivity contribution >= 4 is 28.9 Å². The molecular formula is C14H13ClN2O. The van der Waals surface area contributed by atoms with Crippen molar-refractivity contribution in [2.75, 3.05) is 11.1 Å². The SMILES string of the molecule is Nc1ccccc1NC(=O)Cc1ccccc1Cl. The number of nitrogens with two attached hydrogens (primary N) is 1. The van der Waals surface area contributed by atoms with E-state index in [1.54, 1.807) is 18.2 Å². The Morgan fingerprint density at radius 1 is 1.11 bits per heavy atom. The summed E-state index contributed by atoms with van der Waals surface area (Å²) in [7, 11) is 0. The third kappa shape index (κ3) is 3.02. The van der Waals surface area contributed by atoms with Crippen LogP contribution in [0.4, 0.5) is 11.4 Å². The van der Waals surface area contributed by atoms with Crippen LogP contribution < -0.4 is 11.1 Å². The Balaban J connectivity index is 2.06. The van der Waals surface area contributed by atoms with Gasteiger partial charge in [0.1, 0.15) is 0 Å². The largest absolute Gasteiger partial charge is 0.397 e. The number of anilines is 2. The number of carbonyl (C=O) groups excluding carboxylic acids is 1. The molecule has 0 fully saturated rings. The summed E-state index contributed by atoms with van der Waals surface area (Å²) >= 11 is 6.00. The standard InChI is InChI=1S/C14H13ClN2O/c15-11-6-2-1-5-10(11)9-14(18)17-13-8-4-3-7-12(13)16/h1-8H,9,16H2,(H,17,18). The van der Waals surface area contributed by atoms with E-state index in [4.69, 9.17) is 17.3 Å². The van der Waals surface area contributed by atoms with Gasteiger partial charge in [-0.15, -0.1) is 0 Å². The van der Waals surface area contributed by atoms with Gasteiger partial charge in [-0.2, -0.15) is 0 Å². The Labute approximate surface area is 111 Å². The van der Waals surface area contributed by atoms with Gasteiger partial charge in [0.25, 0.3) is 0 Å². The van der Waals surface area contributed by atoms with Gasteiger partial charge in [0.05, 0.1) is 17.8 Å². The van der Waals surface area contributed by atoms with Gasteiger partial charge < -0.3 is 11.1 Å².